The largest absolute Gasteiger partial charge is 0.423 e. The average molecular weight is 462 g/mol. The minimum Gasteiger partial charge on any atom is -0.423 e. The number of carbonyl (C=O) groups excluding carboxylic acids is 1. The fourth-order valence-corrected chi connectivity index (χ4v) is 3.19. The molecule has 1 unspecified atom stereocenters. The molecule has 5 N–H and O–H groups in total. The lowest BCUT2D eigenvalue weighted by Gasteiger charge is -2.28. The van der Waals surface area contributed by atoms with Crippen molar-refractivity contribution in [3.8, 4) is 0 Å². The van der Waals surface area contributed by atoms with Gasteiger partial charge in [0.2, 0.25) is 5.88 Å². The standard InChI is InChI=1S/C21H18F4N6O2/c1-27-17-9-14-18(26)31(10-28-19(14)33-17)13-5-3-12(4-6-13)29-20(32)30-16-8-11(21(23,24)25)2-7-15(16)22/h2-10,18,27H,26H2,1H3,(H2,29,30,32). The summed E-state index contributed by atoms with van der Waals surface area (Å²) in [5, 5.41) is 7.40. The van der Waals surface area contributed by atoms with Gasteiger partial charge in [0.05, 0.1) is 16.8 Å². The fraction of sp³-hybridized carbons (Fsp3) is 0.143. The molecule has 2 amide bonds. The average Bonchev–Trinajstić information content (AvgIpc) is 3.20. The molecule has 33 heavy (non-hydrogen) atoms. The number of alkyl halides is 3. The summed E-state index contributed by atoms with van der Waals surface area (Å²) in [5.74, 6) is -0.0657. The summed E-state index contributed by atoms with van der Waals surface area (Å²) in [7, 11) is 1.71. The van der Waals surface area contributed by atoms with Crippen LogP contribution in [0.4, 0.5) is 51.2 Å². The van der Waals surface area contributed by atoms with Gasteiger partial charge in [-0.1, -0.05) is 0 Å². The van der Waals surface area contributed by atoms with Crippen LogP contribution >= 0.6 is 0 Å². The molecule has 2 heterocycles. The molecule has 0 spiro atoms. The first-order chi connectivity index (χ1) is 15.7. The number of anilines is 4. The zero-order valence-electron chi connectivity index (χ0n) is 17.1. The van der Waals surface area contributed by atoms with Crippen LogP contribution in [-0.2, 0) is 6.18 Å². The van der Waals surface area contributed by atoms with Gasteiger partial charge in [-0.25, -0.2) is 14.2 Å². The maximum atomic E-state index is 13.8. The van der Waals surface area contributed by atoms with Gasteiger partial charge in [0, 0.05) is 24.5 Å². The number of hydrogen-bond donors (Lipinski definition) is 4. The first-order valence-electron chi connectivity index (χ1n) is 9.60. The predicted molar refractivity (Wildman–Crippen MR) is 116 cm³/mol. The zero-order chi connectivity index (χ0) is 23.8. The molecule has 1 atom stereocenters. The highest BCUT2D eigenvalue weighted by Crippen LogP contribution is 2.37. The number of benzene rings is 2. The Morgan fingerprint density at radius 1 is 1.12 bits per heavy atom. The third kappa shape index (κ3) is 4.60. The van der Waals surface area contributed by atoms with Crippen molar-refractivity contribution in [3.05, 3.63) is 65.5 Å². The van der Waals surface area contributed by atoms with Gasteiger partial charge in [0.15, 0.2) is 5.88 Å². The van der Waals surface area contributed by atoms with Crippen molar-refractivity contribution < 1.29 is 26.8 Å². The highest BCUT2D eigenvalue weighted by molar-refractivity contribution is 6.00. The van der Waals surface area contributed by atoms with E-state index in [4.69, 9.17) is 10.2 Å². The molecule has 1 aromatic heterocycles. The smallest absolute Gasteiger partial charge is 0.416 e. The van der Waals surface area contributed by atoms with E-state index in [0.29, 0.717) is 46.9 Å². The predicted octanol–water partition coefficient (Wildman–Crippen LogP) is 5.26. The van der Waals surface area contributed by atoms with Gasteiger partial charge in [-0.05, 0) is 42.5 Å². The molecule has 1 aliphatic rings. The molecular formula is C21H18F4N6O2. The number of halogens is 4. The van der Waals surface area contributed by atoms with Crippen molar-refractivity contribution >= 4 is 41.2 Å². The second-order valence-corrected chi connectivity index (χ2v) is 7.04. The number of nitrogens with zero attached hydrogens (tertiary/aromatic N) is 2. The van der Waals surface area contributed by atoms with Gasteiger partial charge < -0.3 is 31.0 Å². The van der Waals surface area contributed by atoms with Crippen LogP contribution in [-0.4, -0.2) is 19.4 Å². The number of nitrogens with one attached hydrogen (secondary N) is 3. The van der Waals surface area contributed by atoms with Crippen molar-refractivity contribution in [3.63, 3.8) is 0 Å². The van der Waals surface area contributed by atoms with E-state index in [1.165, 1.54) is 6.34 Å². The third-order valence-electron chi connectivity index (χ3n) is 4.87. The molecular weight excluding hydrogens is 444 g/mol. The number of aliphatic imine (C=N–C) groups is 1. The van der Waals surface area contributed by atoms with Gasteiger partial charge in [0.1, 0.15) is 18.3 Å². The summed E-state index contributed by atoms with van der Waals surface area (Å²) < 4.78 is 57.8. The van der Waals surface area contributed by atoms with E-state index >= 15 is 0 Å². The number of amides is 2. The zero-order valence-corrected chi connectivity index (χ0v) is 17.1. The van der Waals surface area contributed by atoms with Crippen LogP contribution in [0.1, 0.15) is 17.3 Å². The molecule has 2 aromatic carbocycles. The summed E-state index contributed by atoms with van der Waals surface area (Å²) in [6.45, 7) is 0. The van der Waals surface area contributed by atoms with Gasteiger partial charge in [0.25, 0.3) is 0 Å². The monoisotopic (exact) mass is 462 g/mol. The molecule has 1 aliphatic heterocycles. The maximum absolute atomic E-state index is 13.8. The quantitative estimate of drug-likeness (QED) is 0.396. The Morgan fingerprint density at radius 3 is 2.52 bits per heavy atom. The normalized spacial score (nSPS) is 15.2. The Kier molecular flexibility index (Phi) is 5.68. The Balaban J connectivity index is 1.44. The van der Waals surface area contributed by atoms with Crippen LogP contribution in [0.2, 0.25) is 0 Å². The van der Waals surface area contributed by atoms with E-state index in [2.05, 4.69) is 20.9 Å². The first-order valence-corrected chi connectivity index (χ1v) is 9.60. The molecule has 0 fully saturated rings. The topological polar surface area (TPSA) is 108 Å². The number of fused-ring (bicyclic) bond motifs is 1. The summed E-state index contributed by atoms with van der Waals surface area (Å²) in [6.07, 6.45) is -3.71. The van der Waals surface area contributed by atoms with E-state index in [0.717, 1.165) is 0 Å². The Bertz CT molecular complexity index is 1210. The van der Waals surface area contributed by atoms with Gasteiger partial charge in [-0.2, -0.15) is 13.2 Å². The lowest BCUT2D eigenvalue weighted by atomic mass is 10.1. The molecule has 0 aliphatic carbocycles. The van der Waals surface area contributed by atoms with Crippen LogP contribution in [0.15, 0.2) is 57.9 Å². The van der Waals surface area contributed by atoms with Crippen molar-refractivity contribution in [2.45, 2.75) is 12.3 Å². The van der Waals surface area contributed by atoms with E-state index in [9.17, 15) is 22.4 Å². The van der Waals surface area contributed by atoms with E-state index in [1.807, 2.05) is 0 Å². The molecule has 172 valence electrons. The molecule has 0 bridgehead atoms. The SMILES string of the molecule is CNc1cc2c(o1)N=CN(c1ccc(NC(=O)Nc3cc(C(F)(F)F)ccc3F)cc1)C2N. The Hall–Kier alpha value is -4.06. The molecule has 3 aromatic rings. The highest BCUT2D eigenvalue weighted by atomic mass is 19.4. The van der Waals surface area contributed by atoms with Gasteiger partial charge >= 0.3 is 12.2 Å². The van der Waals surface area contributed by atoms with Crippen molar-refractivity contribution in [2.75, 3.05) is 27.9 Å². The van der Waals surface area contributed by atoms with Gasteiger partial charge in [-0.3, -0.25) is 0 Å². The third-order valence-corrected chi connectivity index (χ3v) is 4.87. The van der Waals surface area contributed by atoms with Crippen molar-refractivity contribution in [1.82, 2.24) is 0 Å². The molecule has 12 heteroatoms. The Morgan fingerprint density at radius 2 is 1.85 bits per heavy atom. The number of furan rings is 1. The first kappa shape index (κ1) is 22.1. The second-order valence-electron chi connectivity index (χ2n) is 7.04. The number of carbonyl (C=O) groups is 1. The summed E-state index contributed by atoms with van der Waals surface area (Å²) >= 11 is 0. The lowest BCUT2D eigenvalue weighted by Crippen LogP contribution is -2.35. The van der Waals surface area contributed by atoms with Crippen LogP contribution in [0.5, 0.6) is 0 Å². The van der Waals surface area contributed by atoms with Crippen LogP contribution in [0, 0.1) is 5.82 Å². The summed E-state index contributed by atoms with van der Waals surface area (Å²) in [5.41, 5.74) is 6.31. The number of urea groups is 1. The minimum absolute atomic E-state index is 0.327. The number of nitrogens with two attached hydrogens (primary N) is 1. The number of rotatable bonds is 4. The minimum atomic E-state index is -4.67. The van der Waals surface area contributed by atoms with Gasteiger partial charge in [-0.15, -0.1) is 0 Å². The van der Waals surface area contributed by atoms with Crippen LogP contribution < -0.4 is 26.6 Å². The van der Waals surface area contributed by atoms with Crippen LogP contribution in [0.25, 0.3) is 0 Å². The molecule has 0 saturated heterocycles. The molecule has 0 saturated carbocycles. The van der Waals surface area contributed by atoms with E-state index < -0.39 is 35.4 Å². The van der Waals surface area contributed by atoms with E-state index in [-0.39, 0.29) is 0 Å². The lowest BCUT2D eigenvalue weighted by molar-refractivity contribution is -0.137. The second kappa shape index (κ2) is 8.47. The number of hydrogen-bond acceptors (Lipinski definition) is 6. The maximum Gasteiger partial charge on any atom is 0.416 e. The van der Waals surface area contributed by atoms with Crippen LogP contribution in [0.3, 0.4) is 0 Å². The van der Waals surface area contributed by atoms with Crippen molar-refractivity contribution in [1.29, 1.82) is 0 Å². The Labute approximate surface area is 185 Å². The molecule has 8 nitrogen and oxygen atoms in total. The summed E-state index contributed by atoms with van der Waals surface area (Å²) in [6, 6.07) is 9.05. The van der Waals surface area contributed by atoms with E-state index in [1.54, 1.807) is 42.3 Å². The molecule has 4 rings (SSSR count). The molecule has 0 radical (unpaired) electrons. The van der Waals surface area contributed by atoms with Crippen molar-refractivity contribution in [2.24, 2.45) is 10.7 Å². The summed E-state index contributed by atoms with van der Waals surface area (Å²) in [4.78, 5) is 18.1. The highest BCUT2D eigenvalue weighted by Gasteiger charge is 2.31. The fourth-order valence-electron chi connectivity index (χ4n) is 3.19.